The van der Waals surface area contributed by atoms with Crippen LogP contribution in [0.3, 0.4) is 0 Å². The second-order valence-corrected chi connectivity index (χ2v) is 5.12. The molecule has 5 heteroatoms. The van der Waals surface area contributed by atoms with Crippen LogP contribution in [0.1, 0.15) is 31.3 Å². The molecular formula is C12H12N2O2S. The molecule has 0 N–H and O–H groups in total. The van der Waals surface area contributed by atoms with Gasteiger partial charge in [0.1, 0.15) is 0 Å². The van der Waals surface area contributed by atoms with Crippen LogP contribution in [0.4, 0.5) is 0 Å². The van der Waals surface area contributed by atoms with Gasteiger partial charge in [0.25, 0.3) is 0 Å². The summed E-state index contributed by atoms with van der Waals surface area (Å²) in [5.74, 6) is -0.314. The van der Waals surface area contributed by atoms with Gasteiger partial charge in [-0.15, -0.1) is 11.3 Å². The fourth-order valence-electron chi connectivity index (χ4n) is 1.48. The Bertz CT molecular complexity index is 518. The zero-order chi connectivity index (χ0) is 12.4. The maximum Gasteiger partial charge on any atom is 0.180 e. The molecule has 2 aromatic heterocycles. The Morgan fingerprint density at radius 1 is 1.35 bits per heavy atom. The minimum atomic E-state index is -0.186. The van der Waals surface area contributed by atoms with Crippen molar-refractivity contribution >= 4 is 22.9 Å². The molecule has 0 atom stereocenters. The molecule has 2 heterocycles. The smallest absolute Gasteiger partial charge is 0.180 e. The van der Waals surface area contributed by atoms with Gasteiger partial charge < -0.3 is 0 Å². The van der Waals surface area contributed by atoms with Crippen molar-refractivity contribution in [3.8, 4) is 0 Å². The van der Waals surface area contributed by atoms with E-state index in [9.17, 15) is 9.59 Å². The largest absolute Gasteiger partial charge is 0.294 e. The second-order valence-electron chi connectivity index (χ2n) is 3.84. The van der Waals surface area contributed by atoms with Crippen molar-refractivity contribution in [3.63, 3.8) is 0 Å². The first-order chi connectivity index (χ1) is 8.06. The lowest BCUT2D eigenvalue weighted by atomic mass is 10.1. The summed E-state index contributed by atoms with van der Waals surface area (Å²) in [7, 11) is 1.74. The normalized spacial score (nSPS) is 10.5. The van der Waals surface area contributed by atoms with E-state index in [2.05, 4.69) is 5.10 Å². The van der Waals surface area contributed by atoms with Gasteiger partial charge in [0.05, 0.1) is 23.1 Å². The lowest BCUT2D eigenvalue weighted by molar-refractivity contribution is 0.0896. The van der Waals surface area contributed by atoms with E-state index in [-0.39, 0.29) is 18.0 Å². The summed E-state index contributed by atoms with van der Waals surface area (Å²) in [4.78, 5) is 25.3. The molecule has 0 radical (unpaired) electrons. The maximum atomic E-state index is 11.8. The molecule has 0 aliphatic rings. The van der Waals surface area contributed by atoms with Crippen LogP contribution in [0, 0.1) is 6.92 Å². The molecule has 0 bridgehead atoms. The molecule has 0 saturated carbocycles. The number of hydrogen-bond acceptors (Lipinski definition) is 4. The van der Waals surface area contributed by atoms with E-state index in [1.807, 2.05) is 13.0 Å². The number of rotatable bonds is 4. The predicted molar refractivity (Wildman–Crippen MR) is 65.5 cm³/mol. The third-order valence-corrected chi connectivity index (χ3v) is 3.40. The molecule has 0 spiro atoms. The molecule has 4 nitrogen and oxygen atoms in total. The van der Waals surface area contributed by atoms with Crippen LogP contribution in [-0.4, -0.2) is 21.3 Å². The number of thiophene rings is 1. The maximum absolute atomic E-state index is 11.8. The topological polar surface area (TPSA) is 52.0 Å². The van der Waals surface area contributed by atoms with Gasteiger partial charge in [-0.1, -0.05) is 0 Å². The number of hydrogen-bond donors (Lipinski definition) is 0. The number of carbonyl (C=O) groups excluding carboxylic acids is 2. The fourth-order valence-corrected chi connectivity index (χ4v) is 2.29. The fraction of sp³-hybridized carbons (Fsp3) is 0.250. The predicted octanol–water partition coefficient (Wildman–Crippen LogP) is 2.25. The van der Waals surface area contributed by atoms with E-state index < -0.39 is 0 Å². The van der Waals surface area contributed by atoms with Gasteiger partial charge in [0, 0.05) is 18.1 Å². The zero-order valence-corrected chi connectivity index (χ0v) is 10.5. The van der Waals surface area contributed by atoms with E-state index in [1.54, 1.807) is 24.0 Å². The summed E-state index contributed by atoms with van der Waals surface area (Å²) in [5, 5.41) is 3.91. The van der Waals surface area contributed by atoms with Crippen LogP contribution in [0.15, 0.2) is 24.5 Å². The molecule has 88 valence electrons. The molecule has 0 saturated heterocycles. The average molecular weight is 248 g/mol. The Kier molecular flexibility index (Phi) is 3.19. The molecular weight excluding hydrogens is 236 g/mol. The Balaban J connectivity index is 2.07. The Labute approximate surface area is 103 Å². The summed E-state index contributed by atoms with van der Waals surface area (Å²) in [6.07, 6.45) is 3.01. The van der Waals surface area contributed by atoms with Crippen LogP contribution in [0.2, 0.25) is 0 Å². The van der Waals surface area contributed by atoms with Gasteiger partial charge in [0.2, 0.25) is 0 Å². The molecule has 0 aliphatic carbocycles. The van der Waals surface area contributed by atoms with Crippen molar-refractivity contribution in [1.82, 2.24) is 9.78 Å². The van der Waals surface area contributed by atoms with E-state index >= 15 is 0 Å². The van der Waals surface area contributed by atoms with Crippen molar-refractivity contribution in [2.45, 2.75) is 13.3 Å². The molecule has 0 amide bonds. The lowest BCUT2D eigenvalue weighted by Crippen LogP contribution is -2.06. The van der Waals surface area contributed by atoms with Crippen LogP contribution < -0.4 is 0 Å². The molecule has 0 fully saturated rings. The Hall–Kier alpha value is -1.75. The SMILES string of the molecule is Cc1ccc(C(=O)CC(=O)c2cnn(C)c2)s1. The van der Waals surface area contributed by atoms with Gasteiger partial charge >= 0.3 is 0 Å². The van der Waals surface area contributed by atoms with E-state index in [0.717, 1.165) is 4.88 Å². The van der Waals surface area contributed by atoms with Crippen LogP contribution in [0.25, 0.3) is 0 Å². The highest BCUT2D eigenvalue weighted by atomic mass is 32.1. The van der Waals surface area contributed by atoms with Gasteiger partial charge in [0.15, 0.2) is 11.6 Å². The van der Waals surface area contributed by atoms with Crippen LogP contribution >= 0.6 is 11.3 Å². The summed E-state index contributed by atoms with van der Waals surface area (Å²) >= 11 is 1.42. The highest BCUT2D eigenvalue weighted by molar-refractivity contribution is 7.14. The van der Waals surface area contributed by atoms with Gasteiger partial charge in [-0.2, -0.15) is 5.10 Å². The summed E-state index contributed by atoms with van der Waals surface area (Å²) in [6, 6.07) is 3.64. The molecule has 2 aromatic rings. The third kappa shape index (κ3) is 2.68. The first kappa shape index (κ1) is 11.7. The summed E-state index contributed by atoms with van der Waals surface area (Å²) in [5.41, 5.74) is 0.481. The number of aromatic nitrogens is 2. The first-order valence-corrected chi connectivity index (χ1v) is 5.99. The molecule has 0 aliphatic heterocycles. The minimum absolute atomic E-state index is 0.0916. The van der Waals surface area contributed by atoms with E-state index in [1.165, 1.54) is 17.5 Å². The standard InChI is InChI=1S/C12H12N2O2S/c1-8-3-4-12(17-8)11(16)5-10(15)9-6-13-14(2)7-9/h3-4,6-7H,5H2,1-2H3. The van der Waals surface area contributed by atoms with Crippen molar-refractivity contribution in [1.29, 1.82) is 0 Å². The minimum Gasteiger partial charge on any atom is -0.294 e. The lowest BCUT2D eigenvalue weighted by Gasteiger charge is -1.95. The molecule has 0 unspecified atom stereocenters. The number of carbonyl (C=O) groups is 2. The summed E-state index contributed by atoms with van der Waals surface area (Å²) in [6.45, 7) is 1.93. The van der Waals surface area contributed by atoms with Crippen LogP contribution in [-0.2, 0) is 7.05 Å². The third-order valence-electron chi connectivity index (χ3n) is 2.36. The molecule has 17 heavy (non-hydrogen) atoms. The Morgan fingerprint density at radius 3 is 2.65 bits per heavy atom. The van der Waals surface area contributed by atoms with Crippen molar-refractivity contribution in [3.05, 3.63) is 39.8 Å². The second kappa shape index (κ2) is 4.63. The average Bonchev–Trinajstić information content (AvgIpc) is 2.87. The highest BCUT2D eigenvalue weighted by Gasteiger charge is 2.15. The van der Waals surface area contributed by atoms with E-state index in [4.69, 9.17) is 0 Å². The van der Waals surface area contributed by atoms with Gasteiger partial charge in [-0.05, 0) is 19.1 Å². The summed E-state index contributed by atoms with van der Waals surface area (Å²) < 4.78 is 1.55. The first-order valence-electron chi connectivity index (χ1n) is 5.18. The van der Waals surface area contributed by atoms with E-state index in [0.29, 0.717) is 10.4 Å². The molecule has 0 aromatic carbocycles. The molecule has 2 rings (SSSR count). The van der Waals surface area contributed by atoms with Gasteiger partial charge in [-0.3, -0.25) is 14.3 Å². The number of ketones is 2. The van der Waals surface area contributed by atoms with Crippen molar-refractivity contribution < 1.29 is 9.59 Å². The number of aryl methyl sites for hydroxylation is 2. The van der Waals surface area contributed by atoms with Crippen molar-refractivity contribution in [2.24, 2.45) is 7.05 Å². The monoisotopic (exact) mass is 248 g/mol. The quantitative estimate of drug-likeness (QED) is 0.616. The highest BCUT2D eigenvalue weighted by Crippen LogP contribution is 2.17. The van der Waals surface area contributed by atoms with Crippen molar-refractivity contribution in [2.75, 3.05) is 0 Å². The van der Waals surface area contributed by atoms with Gasteiger partial charge in [-0.25, -0.2) is 0 Å². The Morgan fingerprint density at radius 2 is 2.12 bits per heavy atom. The number of nitrogens with zero attached hydrogens (tertiary/aromatic N) is 2. The number of Topliss-reactive ketones (excluding diaryl/α,β-unsaturated/α-hetero) is 2. The van der Waals surface area contributed by atoms with Crippen LogP contribution in [0.5, 0.6) is 0 Å². The zero-order valence-electron chi connectivity index (χ0n) is 9.64.